The van der Waals surface area contributed by atoms with Gasteiger partial charge in [-0.15, -0.1) is 0 Å². The fourth-order valence-corrected chi connectivity index (χ4v) is 2.90. The molecule has 5 nitrogen and oxygen atoms in total. The first-order valence-electron chi connectivity index (χ1n) is 7.98. The van der Waals surface area contributed by atoms with Crippen molar-refractivity contribution in [1.29, 1.82) is 0 Å². The van der Waals surface area contributed by atoms with Crippen LogP contribution in [0.2, 0.25) is 0 Å². The highest BCUT2D eigenvalue weighted by Crippen LogP contribution is 2.24. The second kappa shape index (κ2) is 7.92. The van der Waals surface area contributed by atoms with Gasteiger partial charge in [0.1, 0.15) is 0 Å². The summed E-state index contributed by atoms with van der Waals surface area (Å²) in [4.78, 5) is 12.1. The highest BCUT2D eigenvalue weighted by Gasteiger charge is 2.17. The molecule has 0 aliphatic carbocycles. The second-order valence-corrected chi connectivity index (χ2v) is 6.03. The Balaban J connectivity index is 1.78. The van der Waals surface area contributed by atoms with E-state index in [2.05, 4.69) is 22.4 Å². The van der Waals surface area contributed by atoms with E-state index in [9.17, 15) is 4.79 Å². The predicted molar refractivity (Wildman–Crippen MR) is 90.2 cm³/mol. The number of hydrogen-bond acceptors (Lipinski definition) is 3. The van der Waals surface area contributed by atoms with Crippen LogP contribution >= 0.6 is 0 Å². The SMILES string of the molecule is Cc1n[nH]c(C)c1C(C)CC(=O)NCCc1ccc(CO)cc1. The lowest BCUT2D eigenvalue weighted by atomic mass is 9.95. The fourth-order valence-electron chi connectivity index (χ4n) is 2.90. The van der Waals surface area contributed by atoms with Crippen LogP contribution in [0.25, 0.3) is 0 Å². The van der Waals surface area contributed by atoms with Gasteiger partial charge in [-0.3, -0.25) is 9.89 Å². The molecule has 0 saturated carbocycles. The van der Waals surface area contributed by atoms with E-state index in [0.717, 1.165) is 34.5 Å². The number of hydrogen-bond donors (Lipinski definition) is 3. The maximum atomic E-state index is 12.1. The number of aromatic nitrogens is 2. The number of aryl methyl sites for hydroxylation is 2. The van der Waals surface area contributed by atoms with Gasteiger partial charge in [0.2, 0.25) is 5.91 Å². The van der Waals surface area contributed by atoms with Crippen LogP contribution in [0.15, 0.2) is 24.3 Å². The lowest BCUT2D eigenvalue weighted by molar-refractivity contribution is -0.121. The first-order valence-corrected chi connectivity index (χ1v) is 7.98. The average Bonchev–Trinajstić information content (AvgIpc) is 2.87. The van der Waals surface area contributed by atoms with Gasteiger partial charge < -0.3 is 10.4 Å². The third kappa shape index (κ3) is 4.66. The Labute approximate surface area is 137 Å². The van der Waals surface area contributed by atoms with Crippen LogP contribution in [-0.2, 0) is 17.8 Å². The molecule has 5 heteroatoms. The van der Waals surface area contributed by atoms with Crippen molar-refractivity contribution in [2.75, 3.05) is 6.54 Å². The molecule has 0 saturated heterocycles. The number of nitrogens with one attached hydrogen (secondary N) is 2. The quantitative estimate of drug-likeness (QED) is 0.734. The molecule has 1 heterocycles. The number of carbonyl (C=O) groups excluding carboxylic acids is 1. The summed E-state index contributed by atoms with van der Waals surface area (Å²) in [5.74, 6) is 0.210. The van der Waals surface area contributed by atoms with Crippen LogP contribution < -0.4 is 5.32 Å². The number of nitrogens with zero attached hydrogens (tertiary/aromatic N) is 1. The van der Waals surface area contributed by atoms with E-state index in [1.807, 2.05) is 38.1 Å². The monoisotopic (exact) mass is 315 g/mol. The zero-order chi connectivity index (χ0) is 16.8. The maximum Gasteiger partial charge on any atom is 0.220 e. The summed E-state index contributed by atoms with van der Waals surface area (Å²) in [5, 5.41) is 19.1. The van der Waals surface area contributed by atoms with Crippen LogP contribution in [0.1, 0.15) is 47.3 Å². The molecular weight excluding hydrogens is 290 g/mol. The molecule has 0 bridgehead atoms. The summed E-state index contributed by atoms with van der Waals surface area (Å²) in [6.45, 7) is 6.68. The Kier molecular flexibility index (Phi) is 5.93. The number of amides is 1. The molecular formula is C18H25N3O2. The summed E-state index contributed by atoms with van der Waals surface area (Å²) >= 11 is 0. The molecule has 2 rings (SSSR count). The molecule has 2 aromatic rings. The molecule has 1 aromatic heterocycles. The molecule has 23 heavy (non-hydrogen) atoms. The van der Waals surface area contributed by atoms with Gasteiger partial charge in [0.15, 0.2) is 0 Å². The summed E-state index contributed by atoms with van der Waals surface area (Å²) in [7, 11) is 0. The van der Waals surface area contributed by atoms with Crippen molar-refractivity contribution in [1.82, 2.24) is 15.5 Å². The Morgan fingerprint density at radius 3 is 2.48 bits per heavy atom. The Morgan fingerprint density at radius 2 is 1.91 bits per heavy atom. The van der Waals surface area contributed by atoms with Crippen molar-refractivity contribution in [3.63, 3.8) is 0 Å². The highest BCUT2D eigenvalue weighted by atomic mass is 16.3. The summed E-state index contributed by atoms with van der Waals surface area (Å²) in [6.07, 6.45) is 1.25. The first kappa shape index (κ1) is 17.2. The van der Waals surface area contributed by atoms with E-state index < -0.39 is 0 Å². The minimum Gasteiger partial charge on any atom is -0.392 e. The van der Waals surface area contributed by atoms with E-state index >= 15 is 0 Å². The molecule has 0 spiro atoms. The lowest BCUT2D eigenvalue weighted by Gasteiger charge is -2.12. The molecule has 3 N–H and O–H groups in total. The third-order valence-electron chi connectivity index (χ3n) is 4.11. The molecule has 1 unspecified atom stereocenters. The number of carbonyl (C=O) groups is 1. The predicted octanol–water partition coefficient (Wildman–Crippen LogP) is 2.37. The van der Waals surface area contributed by atoms with Crippen molar-refractivity contribution >= 4 is 5.91 Å². The zero-order valence-electron chi connectivity index (χ0n) is 14.0. The molecule has 1 atom stereocenters. The zero-order valence-corrected chi connectivity index (χ0v) is 14.0. The van der Waals surface area contributed by atoms with Crippen LogP contribution in [0.5, 0.6) is 0 Å². The summed E-state index contributed by atoms with van der Waals surface area (Å²) in [6, 6.07) is 7.78. The number of aliphatic hydroxyl groups excluding tert-OH is 1. The number of aromatic amines is 1. The molecule has 0 radical (unpaired) electrons. The van der Waals surface area contributed by atoms with Gasteiger partial charge in [-0.2, -0.15) is 5.10 Å². The number of rotatable bonds is 7. The normalized spacial score (nSPS) is 12.2. The molecule has 1 amide bonds. The summed E-state index contributed by atoms with van der Waals surface area (Å²) < 4.78 is 0. The van der Waals surface area contributed by atoms with Gasteiger partial charge in [0.05, 0.1) is 12.3 Å². The Morgan fingerprint density at radius 1 is 1.26 bits per heavy atom. The van der Waals surface area contributed by atoms with Gasteiger partial charge in [-0.25, -0.2) is 0 Å². The van der Waals surface area contributed by atoms with Crippen LogP contribution in [0.3, 0.4) is 0 Å². The molecule has 0 aliphatic rings. The number of aliphatic hydroxyl groups is 1. The van der Waals surface area contributed by atoms with Gasteiger partial charge in [0.25, 0.3) is 0 Å². The lowest BCUT2D eigenvalue weighted by Crippen LogP contribution is -2.26. The highest BCUT2D eigenvalue weighted by molar-refractivity contribution is 5.76. The smallest absolute Gasteiger partial charge is 0.220 e. The van der Waals surface area contributed by atoms with Crippen molar-refractivity contribution in [3.8, 4) is 0 Å². The van der Waals surface area contributed by atoms with Crippen LogP contribution in [-0.4, -0.2) is 27.8 Å². The van der Waals surface area contributed by atoms with E-state index in [1.54, 1.807) is 0 Å². The second-order valence-electron chi connectivity index (χ2n) is 6.03. The maximum absolute atomic E-state index is 12.1. The van der Waals surface area contributed by atoms with Crippen LogP contribution in [0.4, 0.5) is 0 Å². The third-order valence-corrected chi connectivity index (χ3v) is 4.11. The van der Waals surface area contributed by atoms with Gasteiger partial charge in [0, 0.05) is 18.7 Å². The van der Waals surface area contributed by atoms with Gasteiger partial charge >= 0.3 is 0 Å². The molecule has 0 fully saturated rings. The first-order chi connectivity index (χ1) is 11.0. The van der Waals surface area contributed by atoms with E-state index in [-0.39, 0.29) is 18.4 Å². The van der Waals surface area contributed by atoms with E-state index in [1.165, 1.54) is 0 Å². The number of benzene rings is 1. The van der Waals surface area contributed by atoms with Crippen molar-refractivity contribution in [2.24, 2.45) is 0 Å². The van der Waals surface area contributed by atoms with Crippen LogP contribution in [0, 0.1) is 13.8 Å². The largest absolute Gasteiger partial charge is 0.392 e. The Hall–Kier alpha value is -2.14. The van der Waals surface area contributed by atoms with Crippen molar-refractivity contribution in [2.45, 2.75) is 46.1 Å². The summed E-state index contributed by atoms with van der Waals surface area (Å²) in [5.41, 5.74) is 5.19. The fraction of sp³-hybridized carbons (Fsp3) is 0.444. The van der Waals surface area contributed by atoms with E-state index in [0.29, 0.717) is 13.0 Å². The minimum atomic E-state index is 0.0573. The van der Waals surface area contributed by atoms with E-state index in [4.69, 9.17) is 5.11 Å². The topological polar surface area (TPSA) is 78.0 Å². The standard InChI is InChI=1S/C18H25N3O2/c1-12(18-13(2)20-21-14(18)3)10-17(23)19-9-8-15-4-6-16(11-22)7-5-15/h4-7,12,22H,8-11H2,1-3H3,(H,19,23)(H,20,21). The van der Waals surface area contributed by atoms with Gasteiger partial charge in [-0.1, -0.05) is 31.2 Å². The van der Waals surface area contributed by atoms with Gasteiger partial charge in [-0.05, 0) is 42.9 Å². The minimum absolute atomic E-state index is 0.0573. The van der Waals surface area contributed by atoms with Crippen molar-refractivity contribution < 1.29 is 9.90 Å². The molecule has 0 aliphatic heterocycles. The van der Waals surface area contributed by atoms with Crippen molar-refractivity contribution in [3.05, 3.63) is 52.3 Å². The molecule has 1 aromatic carbocycles. The average molecular weight is 315 g/mol. The Bertz CT molecular complexity index is 627. The molecule has 124 valence electrons. The number of H-pyrrole nitrogens is 1.